The van der Waals surface area contributed by atoms with E-state index in [1.54, 1.807) is 6.20 Å². The fraction of sp³-hybridized carbons (Fsp3) is 0.625. The number of carbonyl (C=O) groups is 1. The van der Waals surface area contributed by atoms with Crippen LogP contribution in [0.25, 0.3) is 0 Å². The number of piperazine rings is 1. The van der Waals surface area contributed by atoms with Gasteiger partial charge >= 0.3 is 0 Å². The summed E-state index contributed by atoms with van der Waals surface area (Å²) in [6.45, 7) is 6.48. The van der Waals surface area contributed by atoms with Crippen molar-refractivity contribution in [1.29, 1.82) is 0 Å². The molecule has 1 aromatic heterocycles. The van der Waals surface area contributed by atoms with E-state index in [1.165, 1.54) is 5.56 Å². The van der Waals surface area contributed by atoms with E-state index in [1.807, 2.05) is 12.3 Å². The summed E-state index contributed by atoms with van der Waals surface area (Å²) >= 11 is 0. The van der Waals surface area contributed by atoms with Gasteiger partial charge in [-0.25, -0.2) is 0 Å². The molecule has 0 unspecified atom stereocenters. The molecule has 0 radical (unpaired) electrons. The molecule has 1 amide bonds. The van der Waals surface area contributed by atoms with Crippen LogP contribution in [0.5, 0.6) is 0 Å². The van der Waals surface area contributed by atoms with Gasteiger partial charge in [0.25, 0.3) is 0 Å². The summed E-state index contributed by atoms with van der Waals surface area (Å²) in [6, 6.07) is 4.09. The summed E-state index contributed by atoms with van der Waals surface area (Å²) in [6.07, 6.45) is 5.89. The van der Waals surface area contributed by atoms with Crippen molar-refractivity contribution in [1.82, 2.24) is 20.1 Å². The van der Waals surface area contributed by atoms with E-state index in [9.17, 15) is 4.79 Å². The zero-order valence-electron chi connectivity index (χ0n) is 12.5. The van der Waals surface area contributed by atoms with E-state index in [-0.39, 0.29) is 5.92 Å². The van der Waals surface area contributed by atoms with Crippen LogP contribution in [-0.4, -0.2) is 60.0 Å². The van der Waals surface area contributed by atoms with Gasteiger partial charge in [0.15, 0.2) is 0 Å². The monoisotopic (exact) mass is 288 g/mol. The van der Waals surface area contributed by atoms with Crippen LogP contribution in [0.2, 0.25) is 0 Å². The Morgan fingerprint density at radius 3 is 2.86 bits per heavy atom. The third kappa shape index (κ3) is 3.80. The number of nitrogens with one attached hydrogen (secondary N) is 1. The highest BCUT2D eigenvalue weighted by Crippen LogP contribution is 2.15. The zero-order valence-corrected chi connectivity index (χ0v) is 12.5. The highest BCUT2D eigenvalue weighted by atomic mass is 16.2. The Morgan fingerprint density at radius 2 is 2.19 bits per heavy atom. The van der Waals surface area contributed by atoms with Crippen molar-refractivity contribution in [2.45, 2.75) is 19.4 Å². The summed E-state index contributed by atoms with van der Waals surface area (Å²) in [5.41, 5.74) is 1.24. The second-order valence-corrected chi connectivity index (χ2v) is 6.01. The molecule has 5 nitrogen and oxygen atoms in total. The lowest BCUT2D eigenvalue weighted by molar-refractivity contribution is -0.137. The summed E-state index contributed by atoms with van der Waals surface area (Å²) in [4.78, 5) is 21.1. The number of carbonyl (C=O) groups excluding carboxylic acids is 1. The highest BCUT2D eigenvalue weighted by Gasteiger charge is 2.28. The molecule has 2 aliphatic rings. The van der Waals surface area contributed by atoms with E-state index in [0.29, 0.717) is 5.91 Å². The van der Waals surface area contributed by atoms with Gasteiger partial charge in [-0.05, 0) is 31.0 Å². The number of piperidine rings is 1. The molecule has 3 heterocycles. The van der Waals surface area contributed by atoms with Crippen LogP contribution in [-0.2, 0) is 11.3 Å². The minimum atomic E-state index is 0.198. The molecular formula is C16H24N4O. The van der Waals surface area contributed by atoms with E-state index in [2.05, 4.69) is 26.2 Å². The van der Waals surface area contributed by atoms with Crippen molar-refractivity contribution < 1.29 is 4.79 Å². The molecule has 2 aliphatic heterocycles. The normalized spacial score (nSPS) is 24.0. The highest BCUT2D eigenvalue weighted by molar-refractivity contribution is 5.79. The lowest BCUT2D eigenvalue weighted by Gasteiger charge is -2.37. The Balaban J connectivity index is 1.47. The van der Waals surface area contributed by atoms with Gasteiger partial charge in [0.2, 0.25) is 5.91 Å². The minimum absolute atomic E-state index is 0.198. The fourth-order valence-corrected chi connectivity index (χ4v) is 3.20. The molecule has 114 valence electrons. The number of hydrogen-bond acceptors (Lipinski definition) is 4. The molecule has 0 saturated carbocycles. The average molecular weight is 288 g/mol. The standard InChI is InChI=1S/C16H24N4O/c21-16(15-4-2-6-18-12-15)20-9-7-19(8-10-20)13-14-3-1-5-17-11-14/h1,3,5,11,15,18H,2,4,6-10,12-13H2/t15-/m0/s1. The Hall–Kier alpha value is -1.46. The van der Waals surface area contributed by atoms with Gasteiger partial charge in [-0.1, -0.05) is 6.07 Å². The van der Waals surface area contributed by atoms with Crippen LogP contribution in [0.1, 0.15) is 18.4 Å². The first-order chi connectivity index (χ1) is 10.3. The van der Waals surface area contributed by atoms with E-state index in [4.69, 9.17) is 0 Å². The number of hydrogen-bond donors (Lipinski definition) is 1. The second kappa shape index (κ2) is 7.00. The Bertz CT molecular complexity index is 451. The van der Waals surface area contributed by atoms with Crippen LogP contribution in [0, 0.1) is 5.92 Å². The SMILES string of the molecule is O=C([C@H]1CCCNC1)N1CCN(Cc2cccnc2)CC1. The fourth-order valence-electron chi connectivity index (χ4n) is 3.20. The Kier molecular flexibility index (Phi) is 4.83. The minimum Gasteiger partial charge on any atom is -0.340 e. The third-order valence-corrected chi connectivity index (χ3v) is 4.46. The molecule has 0 spiro atoms. The van der Waals surface area contributed by atoms with Gasteiger partial charge in [0, 0.05) is 51.7 Å². The summed E-state index contributed by atoms with van der Waals surface area (Å²) in [5, 5.41) is 3.33. The summed E-state index contributed by atoms with van der Waals surface area (Å²) < 4.78 is 0. The van der Waals surface area contributed by atoms with Crippen molar-refractivity contribution in [2.24, 2.45) is 5.92 Å². The van der Waals surface area contributed by atoms with Gasteiger partial charge in [-0.3, -0.25) is 14.7 Å². The molecule has 1 N–H and O–H groups in total. The maximum Gasteiger partial charge on any atom is 0.227 e. The molecule has 3 rings (SSSR count). The van der Waals surface area contributed by atoms with Crippen LogP contribution < -0.4 is 5.32 Å². The van der Waals surface area contributed by atoms with Crippen molar-refractivity contribution >= 4 is 5.91 Å². The van der Waals surface area contributed by atoms with E-state index in [0.717, 1.165) is 58.7 Å². The van der Waals surface area contributed by atoms with Crippen LogP contribution in [0.4, 0.5) is 0 Å². The van der Waals surface area contributed by atoms with Gasteiger partial charge in [0.1, 0.15) is 0 Å². The molecule has 1 aromatic rings. The maximum atomic E-state index is 12.5. The van der Waals surface area contributed by atoms with E-state index < -0.39 is 0 Å². The molecule has 2 saturated heterocycles. The van der Waals surface area contributed by atoms with Crippen LogP contribution >= 0.6 is 0 Å². The third-order valence-electron chi connectivity index (χ3n) is 4.46. The molecule has 0 bridgehead atoms. The Labute approximate surface area is 126 Å². The summed E-state index contributed by atoms with van der Waals surface area (Å²) in [7, 11) is 0. The zero-order chi connectivity index (χ0) is 14.5. The van der Waals surface area contributed by atoms with Crippen LogP contribution in [0.3, 0.4) is 0 Å². The predicted octanol–water partition coefficient (Wildman–Crippen LogP) is 0.725. The van der Waals surface area contributed by atoms with E-state index >= 15 is 0 Å². The van der Waals surface area contributed by atoms with Crippen molar-refractivity contribution in [2.75, 3.05) is 39.3 Å². The number of aromatic nitrogens is 1. The largest absolute Gasteiger partial charge is 0.340 e. The molecule has 0 aromatic carbocycles. The lowest BCUT2D eigenvalue weighted by Crippen LogP contribution is -2.51. The first kappa shape index (κ1) is 14.5. The van der Waals surface area contributed by atoms with Crippen molar-refractivity contribution in [3.05, 3.63) is 30.1 Å². The molecule has 21 heavy (non-hydrogen) atoms. The predicted molar refractivity (Wildman–Crippen MR) is 81.7 cm³/mol. The number of rotatable bonds is 3. The molecule has 0 aliphatic carbocycles. The van der Waals surface area contributed by atoms with Gasteiger partial charge in [0.05, 0.1) is 5.92 Å². The lowest BCUT2D eigenvalue weighted by atomic mass is 9.98. The Morgan fingerprint density at radius 1 is 1.33 bits per heavy atom. The topological polar surface area (TPSA) is 48.5 Å². The number of pyridine rings is 1. The molecule has 1 atom stereocenters. The van der Waals surface area contributed by atoms with Gasteiger partial charge < -0.3 is 10.2 Å². The maximum absolute atomic E-state index is 12.5. The molecule has 2 fully saturated rings. The van der Waals surface area contributed by atoms with Gasteiger partial charge in [-0.15, -0.1) is 0 Å². The first-order valence-electron chi connectivity index (χ1n) is 7.94. The quantitative estimate of drug-likeness (QED) is 0.890. The molecular weight excluding hydrogens is 264 g/mol. The number of amides is 1. The van der Waals surface area contributed by atoms with Crippen molar-refractivity contribution in [3.8, 4) is 0 Å². The average Bonchev–Trinajstić information content (AvgIpc) is 2.57. The van der Waals surface area contributed by atoms with Crippen molar-refractivity contribution in [3.63, 3.8) is 0 Å². The summed E-state index contributed by atoms with van der Waals surface area (Å²) in [5.74, 6) is 0.548. The molecule has 5 heteroatoms. The van der Waals surface area contributed by atoms with Gasteiger partial charge in [-0.2, -0.15) is 0 Å². The second-order valence-electron chi connectivity index (χ2n) is 6.01. The van der Waals surface area contributed by atoms with Crippen LogP contribution in [0.15, 0.2) is 24.5 Å². The number of nitrogens with zero attached hydrogens (tertiary/aromatic N) is 3. The smallest absolute Gasteiger partial charge is 0.227 e. The first-order valence-corrected chi connectivity index (χ1v) is 7.94.